The van der Waals surface area contributed by atoms with E-state index in [9.17, 15) is 0 Å². The highest BCUT2D eigenvalue weighted by Gasteiger charge is 2.30. The average molecular weight is 313 g/mol. The fourth-order valence-electron chi connectivity index (χ4n) is 2.20. The summed E-state index contributed by atoms with van der Waals surface area (Å²) in [5, 5.41) is 4.96. The number of anilines is 1. The van der Waals surface area contributed by atoms with E-state index < -0.39 is 0 Å². The fourth-order valence-corrected chi connectivity index (χ4v) is 3.65. The minimum atomic E-state index is 0.355. The van der Waals surface area contributed by atoms with E-state index >= 15 is 0 Å². The van der Waals surface area contributed by atoms with Crippen molar-refractivity contribution in [3.8, 4) is 5.75 Å². The maximum Gasteiger partial charge on any atom is 0.161 e. The molecule has 0 atom stereocenters. The number of methoxy groups -OCH3 is 1. The SMILES string of the molecule is CCC1(CC)CN=C(Nc2cc(Cl)ccc2OC)SC1. The molecule has 0 aromatic heterocycles. The molecule has 0 aliphatic carbocycles. The third-order valence-electron chi connectivity index (χ3n) is 3.98. The van der Waals surface area contributed by atoms with Gasteiger partial charge in [-0.25, -0.2) is 0 Å². The van der Waals surface area contributed by atoms with Gasteiger partial charge in [0, 0.05) is 17.3 Å². The molecular weight excluding hydrogens is 292 g/mol. The number of benzene rings is 1. The van der Waals surface area contributed by atoms with Crippen LogP contribution in [0.4, 0.5) is 5.69 Å². The van der Waals surface area contributed by atoms with Crippen LogP contribution in [0.15, 0.2) is 23.2 Å². The van der Waals surface area contributed by atoms with Gasteiger partial charge in [0.25, 0.3) is 0 Å². The van der Waals surface area contributed by atoms with E-state index in [0.29, 0.717) is 10.4 Å². The number of hydrogen-bond acceptors (Lipinski definition) is 4. The topological polar surface area (TPSA) is 33.6 Å². The predicted octanol–water partition coefficient (Wildman–Crippen LogP) is 4.67. The van der Waals surface area contributed by atoms with Crippen LogP contribution in [0.2, 0.25) is 5.02 Å². The first kappa shape index (κ1) is 15.5. The summed E-state index contributed by atoms with van der Waals surface area (Å²) in [6.45, 7) is 5.38. The first-order valence-corrected chi connectivity index (χ1v) is 8.26. The molecule has 1 aliphatic rings. The van der Waals surface area contributed by atoms with E-state index in [-0.39, 0.29) is 0 Å². The van der Waals surface area contributed by atoms with Gasteiger partial charge < -0.3 is 10.1 Å². The van der Waals surface area contributed by atoms with Gasteiger partial charge in [-0.3, -0.25) is 4.99 Å². The summed E-state index contributed by atoms with van der Waals surface area (Å²) in [5.74, 6) is 1.88. The molecular formula is C15H21ClN2OS. The van der Waals surface area contributed by atoms with Crippen LogP contribution in [0.1, 0.15) is 26.7 Å². The first-order chi connectivity index (χ1) is 9.62. The number of hydrogen-bond donors (Lipinski definition) is 1. The lowest BCUT2D eigenvalue weighted by atomic mass is 9.84. The number of halogens is 1. The van der Waals surface area contributed by atoms with E-state index in [1.807, 2.05) is 18.2 Å². The Hall–Kier alpha value is -0.870. The summed E-state index contributed by atoms with van der Waals surface area (Å²) in [7, 11) is 1.66. The fraction of sp³-hybridized carbons (Fsp3) is 0.533. The van der Waals surface area contributed by atoms with E-state index in [4.69, 9.17) is 21.3 Å². The monoisotopic (exact) mass is 312 g/mol. The summed E-state index contributed by atoms with van der Waals surface area (Å²) in [4.78, 5) is 4.69. The second-order valence-corrected chi connectivity index (χ2v) is 6.49. The molecule has 5 heteroatoms. The van der Waals surface area contributed by atoms with Crippen LogP contribution < -0.4 is 10.1 Å². The van der Waals surface area contributed by atoms with E-state index in [1.54, 1.807) is 18.9 Å². The third-order valence-corrected chi connectivity index (χ3v) is 5.47. The lowest BCUT2D eigenvalue weighted by molar-refractivity contribution is 0.318. The minimum Gasteiger partial charge on any atom is -0.495 e. The Balaban J connectivity index is 2.12. The molecule has 20 heavy (non-hydrogen) atoms. The van der Waals surface area contributed by atoms with Crippen molar-refractivity contribution in [2.45, 2.75) is 26.7 Å². The molecule has 0 unspecified atom stereocenters. The summed E-state index contributed by atoms with van der Waals surface area (Å²) in [5.41, 5.74) is 1.22. The summed E-state index contributed by atoms with van der Waals surface area (Å²) >= 11 is 7.82. The molecule has 0 radical (unpaired) electrons. The molecule has 3 nitrogen and oxygen atoms in total. The highest BCUT2D eigenvalue weighted by Crippen LogP contribution is 2.36. The summed E-state index contributed by atoms with van der Waals surface area (Å²) in [6.07, 6.45) is 2.35. The van der Waals surface area contributed by atoms with Crippen molar-refractivity contribution in [2.24, 2.45) is 10.4 Å². The largest absolute Gasteiger partial charge is 0.495 e. The zero-order chi connectivity index (χ0) is 14.6. The van der Waals surface area contributed by atoms with Crippen LogP contribution in [0.5, 0.6) is 5.75 Å². The molecule has 1 aliphatic heterocycles. The average Bonchev–Trinajstić information content (AvgIpc) is 2.49. The molecule has 0 saturated heterocycles. The van der Waals surface area contributed by atoms with Crippen molar-refractivity contribution >= 4 is 34.2 Å². The molecule has 0 saturated carbocycles. The minimum absolute atomic E-state index is 0.355. The van der Waals surface area contributed by atoms with E-state index in [1.165, 1.54) is 12.8 Å². The number of nitrogens with one attached hydrogen (secondary N) is 1. The standard InChI is InChI=1S/C15H21ClN2OS/c1-4-15(5-2)9-17-14(20-10-15)18-12-8-11(16)6-7-13(12)19-3/h6-8H,4-5,9-10H2,1-3H3,(H,17,18). The molecule has 0 amide bonds. The maximum atomic E-state index is 6.04. The predicted molar refractivity (Wildman–Crippen MR) is 89.4 cm³/mol. The van der Waals surface area contributed by atoms with Gasteiger partial charge in [-0.1, -0.05) is 37.2 Å². The van der Waals surface area contributed by atoms with Crippen LogP contribution >= 0.6 is 23.4 Å². The van der Waals surface area contributed by atoms with Crippen molar-refractivity contribution in [3.05, 3.63) is 23.2 Å². The van der Waals surface area contributed by atoms with Gasteiger partial charge in [0.1, 0.15) is 5.75 Å². The zero-order valence-corrected chi connectivity index (χ0v) is 13.8. The van der Waals surface area contributed by atoms with Crippen molar-refractivity contribution < 1.29 is 4.74 Å². The highest BCUT2D eigenvalue weighted by atomic mass is 35.5. The van der Waals surface area contributed by atoms with Gasteiger partial charge in [-0.05, 0) is 36.5 Å². The maximum absolute atomic E-state index is 6.04. The van der Waals surface area contributed by atoms with Gasteiger partial charge in [-0.15, -0.1) is 0 Å². The normalized spacial score (nSPS) is 17.5. The number of rotatable bonds is 4. The Bertz CT molecular complexity index is 501. The molecule has 1 aromatic carbocycles. The number of nitrogens with zero attached hydrogens (tertiary/aromatic N) is 1. The van der Waals surface area contributed by atoms with Crippen LogP contribution in [0.3, 0.4) is 0 Å². The molecule has 0 bridgehead atoms. The Morgan fingerprint density at radius 2 is 2.15 bits per heavy atom. The van der Waals surface area contributed by atoms with Crippen molar-refractivity contribution in [1.29, 1.82) is 0 Å². The van der Waals surface area contributed by atoms with Gasteiger partial charge in [0.2, 0.25) is 0 Å². The number of amidine groups is 1. The lowest BCUT2D eigenvalue weighted by Gasteiger charge is -2.33. The smallest absolute Gasteiger partial charge is 0.161 e. The third kappa shape index (κ3) is 3.41. The van der Waals surface area contributed by atoms with E-state index in [2.05, 4.69) is 19.2 Å². The lowest BCUT2D eigenvalue weighted by Crippen LogP contribution is -2.32. The van der Waals surface area contributed by atoms with Crippen LogP contribution in [0, 0.1) is 5.41 Å². The van der Waals surface area contributed by atoms with Crippen LogP contribution in [-0.2, 0) is 0 Å². The van der Waals surface area contributed by atoms with Crippen LogP contribution in [0.25, 0.3) is 0 Å². The molecule has 0 fully saturated rings. The molecule has 2 rings (SSSR count). The Kier molecular flexibility index (Phi) is 5.22. The second kappa shape index (κ2) is 6.72. The van der Waals surface area contributed by atoms with Gasteiger partial charge in [0.15, 0.2) is 5.17 Å². The first-order valence-electron chi connectivity index (χ1n) is 6.90. The van der Waals surface area contributed by atoms with Gasteiger partial charge in [-0.2, -0.15) is 0 Å². The summed E-state index contributed by atoms with van der Waals surface area (Å²) in [6, 6.07) is 5.55. The molecule has 110 valence electrons. The Morgan fingerprint density at radius 3 is 2.70 bits per heavy atom. The van der Waals surface area contributed by atoms with Crippen molar-refractivity contribution in [2.75, 3.05) is 24.7 Å². The second-order valence-electron chi connectivity index (χ2n) is 5.09. The van der Waals surface area contributed by atoms with Crippen LogP contribution in [-0.4, -0.2) is 24.6 Å². The van der Waals surface area contributed by atoms with E-state index in [0.717, 1.165) is 28.9 Å². The molecule has 1 aromatic rings. The van der Waals surface area contributed by atoms with Gasteiger partial charge in [0.05, 0.1) is 12.8 Å². The molecule has 1 N–H and O–H groups in total. The van der Waals surface area contributed by atoms with Crippen molar-refractivity contribution in [3.63, 3.8) is 0 Å². The number of aliphatic imine (C=N–C) groups is 1. The molecule has 1 heterocycles. The number of thioether (sulfide) groups is 1. The van der Waals surface area contributed by atoms with Gasteiger partial charge >= 0.3 is 0 Å². The van der Waals surface area contributed by atoms with Crippen molar-refractivity contribution in [1.82, 2.24) is 0 Å². The number of ether oxygens (including phenoxy) is 1. The molecule has 0 spiro atoms. The Morgan fingerprint density at radius 1 is 1.40 bits per heavy atom. The zero-order valence-electron chi connectivity index (χ0n) is 12.2. The Labute approximate surface area is 130 Å². The summed E-state index contributed by atoms with van der Waals surface area (Å²) < 4.78 is 5.34. The quantitative estimate of drug-likeness (QED) is 0.877. The highest BCUT2D eigenvalue weighted by molar-refractivity contribution is 8.14.